The number of H-pyrrole nitrogens is 4. The monoisotopic (exact) mass is 524 g/mol. The van der Waals surface area contributed by atoms with Crippen LogP contribution in [-0.2, 0) is 6.61 Å². The minimum absolute atomic E-state index is 0. The number of methoxy groups -OCH3 is 1. The van der Waals surface area contributed by atoms with E-state index in [1.807, 2.05) is 12.1 Å². The molecule has 4 N–H and O–H groups in total. The number of benzene rings is 2. The summed E-state index contributed by atoms with van der Waals surface area (Å²) >= 11 is 12.1. The summed E-state index contributed by atoms with van der Waals surface area (Å²) in [6.07, 6.45) is 0. The molecule has 2 aromatic heterocycles. The van der Waals surface area contributed by atoms with Gasteiger partial charge in [0.1, 0.15) is 6.61 Å². The molecule has 0 unspecified atom stereocenters. The van der Waals surface area contributed by atoms with Crippen LogP contribution in [0.25, 0.3) is 0 Å². The molecule has 0 radical (unpaired) electrons. The predicted octanol–water partition coefficient (Wildman–Crippen LogP) is 4.83. The molecule has 0 aliphatic rings. The van der Waals surface area contributed by atoms with Crippen molar-refractivity contribution >= 4 is 35.6 Å². The van der Waals surface area contributed by atoms with E-state index in [1.165, 1.54) is 7.11 Å². The fraction of sp³-hybridized carbons (Fsp3) is 0.217. The zero-order chi connectivity index (χ0) is 23.7. The minimum Gasteiger partial charge on any atom is -0.493 e. The van der Waals surface area contributed by atoms with Crippen molar-refractivity contribution in [2.24, 2.45) is 0 Å². The molecule has 4 aromatic rings. The largest absolute Gasteiger partial charge is 0.493 e. The molecule has 4 rings (SSSR count). The smallest absolute Gasteiger partial charge is 0.268 e. The topological polar surface area (TPSA) is 116 Å². The Kier molecular flexibility index (Phi) is 7.86. The number of hydrogen-bond acceptors (Lipinski definition) is 4. The molecule has 0 saturated carbocycles. The van der Waals surface area contributed by atoms with Crippen LogP contribution in [0, 0.1) is 13.8 Å². The lowest BCUT2D eigenvalue weighted by atomic mass is 9.85. The zero-order valence-corrected chi connectivity index (χ0v) is 20.9. The second-order valence-corrected chi connectivity index (χ2v) is 8.43. The number of nitrogens with one attached hydrogen (secondary N) is 4. The molecule has 8 nitrogen and oxygen atoms in total. The number of ether oxygens (including phenoxy) is 2. The van der Waals surface area contributed by atoms with Gasteiger partial charge in [-0.1, -0.05) is 35.3 Å². The number of aromatic nitrogens is 4. The van der Waals surface area contributed by atoms with Gasteiger partial charge in [0.05, 0.1) is 28.3 Å². The van der Waals surface area contributed by atoms with Gasteiger partial charge in [0.15, 0.2) is 11.5 Å². The molecule has 0 saturated heterocycles. The number of aryl methyl sites for hydroxylation is 2. The van der Waals surface area contributed by atoms with E-state index in [0.717, 1.165) is 5.56 Å². The van der Waals surface area contributed by atoms with Crippen LogP contribution in [-0.4, -0.2) is 27.5 Å². The van der Waals surface area contributed by atoms with E-state index in [9.17, 15) is 9.59 Å². The normalized spacial score (nSPS) is 10.9. The molecule has 0 bridgehead atoms. The van der Waals surface area contributed by atoms with Gasteiger partial charge in [-0.05, 0) is 49.2 Å². The molecule has 34 heavy (non-hydrogen) atoms. The van der Waals surface area contributed by atoms with E-state index in [4.69, 9.17) is 32.7 Å². The lowest BCUT2D eigenvalue weighted by Gasteiger charge is -2.18. The second-order valence-electron chi connectivity index (χ2n) is 7.62. The molecule has 0 aliphatic heterocycles. The van der Waals surface area contributed by atoms with Crippen LogP contribution in [0.5, 0.6) is 11.5 Å². The maximum absolute atomic E-state index is 12.6. The molecule has 0 aliphatic carbocycles. The summed E-state index contributed by atoms with van der Waals surface area (Å²) in [5, 5.41) is 11.8. The first kappa shape index (κ1) is 25.6. The molecule has 2 heterocycles. The molecular formula is C23H23Cl3N4O4. The third-order valence-electron chi connectivity index (χ3n) is 5.50. The van der Waals surface area contributed by atoms with Gasteiger partial charge in [-0.25, -0.2) is 0 Å². The number of rotatable bonds is 7. The lowest BCUT2D eigenvalue weighted by molar-refractivity contribution is 0.284. The summed E-state index contributed by atoms with van der Waals surface area (Å²) in [7, 11) is 1.53. The van der Waals surface area contributed by atoms with Crippen LogP contribution in [0.4, 0.5) is 0 Å². The molecular weight excluding hydrogens is 503 g/mol. The van der Waals surface area contributed by atoms with E-state index >= 15 is 0 Å². The molecule has 0 fully saturated rings. The van der Waals surface area contributed by atoms with Gasteiger partial charge < -0.3 is 19.7 Å². The highest BCUT2D eigenvalue weighted by atomic mass is 35.5. The van der Waals surface area contributed by atoms with Crippen LogP contribution < -0.4 is 20.6 Å². The molecule has 11 heteroatoms. The van der Waals surface area contributed by atoms with Crippen molar-refractivity contribution in [1.29, 1.82) is 0 Å². The number of hydrogen-bond donors (Lipinski definition) is 4. The average Bonchev–Trinajstić information content (AvgIpc) is 3.31. The standard InChI is InChI=1S/C23H22Cl2N4O4.ClH/c1-11-19(22(30)28-26-11)21(20-12(2)27-29-23(20)31)14-5-7-17(18(9-14)32-3)33-10-13-4-6-15(24)16(25)8-13;/h4-9,21H,10H2,1-3H3,(H2,26,28,30)(H2,27,29,31);1H. The fourth-order valence-electron chi connectivity index (χ4n) is 3.86. The summed E-state index contributed by atoms with van der Waals surface area (Å²) < 4.78 is 11.5. The van der Waals surface area contributed by atoms with Crippen molar-refractivity contribution in [2.75, 3.05) is 7.11 Å². The highest BCUT2D eigenvalue weighted by molar-refractivity contribution is 6.42. The maximum Gasteiger partial charge on any atom is 0.268 e. The molecule has 0 atom stereocenters. The van der Waals surface area contributed by atoms with Gasteiger partial charge in [-0.15, -0.1) is 12.4 Å². The van der Waals surface area contributed by atoms with Crippen LogP contribution in [0.2, 0.25) is 10.0 Å². The highest BCUT2D eigenvalue weighted by Crippen LogP contribution is 2.37. The van der Waals surface area contributed by atoms with Crippen LogP contribution in [0.15, 0.2) is 46.0 Å². The van der Waals surface area contributed by atoms with E-state index < -0.39 is 5.92 Å². The van der Waals surface area contributed by atoms with Gasteiger partial charge in [0.2, 0.25) is 0 Å². The number of aromatic amines is 4. The first-order chi connectivity index (χ1) is 15.8. The third kappa shape index (κ3) is 4.89. The Morgan fingerprint density at radius 3 is 1.94 bits per heavy atom. The van der Waals surface area contributed by atoms with Crippen LogP contribution >= 0.6 is 35.6 Å². The Labute approximate surface area is 211 Å². The van der Waals surface area contributed by atoms with Crippen LogP contribution in [0.1, 0.15) is 39.6 Å². The van der Waals surface area contributed by atoms with Crippen molar-refractivity contribution in [3.8, 4) is 11.5 Å². The molecule has 180 valence electrons. The van der Waals surface area contributed by atoms with Crippen molar-refractivity contribution in [3.05, 3.63) is 101 Å². The first-order valence-corrected chi connectivity index (χ1v) is 10.8. The Hall–Kier alpha value is -3.07. The summed E-state index contributed by atoms with van der Waals surface area (Å²) in [4.78, 5) is 25.2. The molecule has 2 aromatic carbocycles. The van der Waals surface area contributed by atoms with Crippen molar-refractivity contribution in [1.82, 2.24) is 20.4 Å². The van der Waals surface area contributed by atoms with Crippen molar-refractivity contribution in [2.45, 2.75) is 26.4 Å². The number of halogens is 3. The lowest BCUT2D eigenvalue weighted by Crippen LogP contribution is -2.20. The van der Waals surface area contributed by atoms with E-state index in [0.29, 0.717) is 49.6 Å². The summed E-state index contributed by atoms with van der Waals surface area (Å²) in [6.45, 7) is 3.81. The maximum atomic E-state index is 12.6. The second kappa shape index (κ2) is 10.5. The Balaban J connectivity index is 0.00000324. The summed E-state index contributed by atoms with van der Waals surface area (Å²) in [6, 6.07) is 10.6. The predicted molar refractivity (Wildman–Crippen MR) is 134 cm³/mol. The van der Waals surface area contributed by atoms with Crippen LogP contribution in [0.3, 0.4) is 0 Å². The van der Waals surface area contributed by atoms with Gasteiger partial charge in [-0.3, -0.25) is 19.8 Å². The summed E-state index contributed by atoms with van der Waals surface area (Å²) in [5.41, 5.74) is 3.15. The van der Waals surface area contributed by atoms with E-state index in [1.54, 1.807) is 38.1 Å². The Bertz CT molecular complexity index is 1370. The molecule has 0 amide bonds. The van der Waals surface area contributed by atoms with Gasteiger partial charge in [-0.2, -0.15) is 0 Å². The molecule has 0 spiro atoms. The van der Waals surface area contributed by atoms with Gasteiger partial charge >= 0.3 is 0 Å². The van der Waals surface area contributed by atoms with Gasteiger partial charge in [0, 0.05) is 17.3 Å². The highest BCUT2D eigenvalue weighted by Gasteiger charge is 2.28. The Morgan fingerprint density at radius 1 is 0.824 bits per heavy atom. The third-order valence-corrected chi connectivity index (χ3v) is 6.24. The van der Waals surface area contributed by atoms with Crippen molar-refractivity contribution in [3.63, 3.8) is 0 Å². The summed E-state index contributed by atoms with van der Waals surface area (Å²) in [5.74, 6) is 0.352. The Morgan fingerprint density at radius 2 is 1.44 bits per heavy atom. The van der Waals surface area contributed by atoms with Crippen molar-refractivity contribution < 1.29 is 9.47 Å². The quantitative estimate of drug-likeness (QED) is 0.276. The fourth-order valence-corrected chi connectivity index (χ4v) is 4.18. The van der Waals surface area contributed by atoms with E-state index in [2.05, 4.69) is 20.4 Å². The zero-order valence-electron chi connectivity index (χ0n) is 18.5. The first-order valence-electron chi connectivity index (χ1n) is 10.1. The SMILES string of the molecule is COc1cc(C(c2c(C)[nH][nH]c2=O)c2c(C)[nH][nH]c2=O)ccc1OCc1ccc(Cl)c(Cl)c1.Cl. The minimum atomic E-state index is -0.618. The van der Waals surface area contributed by atoms with E-state index in [-0.39, 0.29) is 30.1 Å². The van der Waals surface area contributed by atoms with Gasteiger partial charge in [0.25, 0.3) is 11.1 Å². The average molecular weight is 526 g/mol.